The van der Waals surface area contributed by atoms with Crippen molar-refractivity contribution in [3.05, 3.63) is 340 Å². The van der Waals surface area contributed by atoms with Gasteiger partial charge in [0.05, 0.1) is 68.8 Å². The number of hydrogen-bond acceptors (Lipinski definition) is 20. The van der Waals surface area contributed by atoms with Gasteiger partial charge in [-0.1, -0.05) is 151 Å². The number of imide groups is 4. The Morgan fingerprint density at radius 3 is 1.10 bits per heavy atom. The zero-order chi connectivity index (χ0) is 104. The maximum atomic E-state index is 13.4. The summed E-state index contributed by atoms with van der Waals surface area (Å²) in [5, 5.41) is 36.9. The van der Waals surface area contributed by atoms with Gasteiger partial charge in [-0.15, -0.1) is 11.8 Å². The van der Waals surface area contributed by atoms with Gasteiger partial charge in [0.2, 0.25) is 0 Å². The van der Waals surface area contributed by atoms with Gasteiger partial charge in [0.1, 0.15) is 41.9 Å². The molecule has 150 heavy (non-hydrogen) atoms. The first kappa shape index (κ1) is 96.6. The van der Waals surface area contributed by atoms with Crippen molar-refractivity contribution >= 4 is 110 Å². The topological polar surface area (TPSA) is 422 Å². The summed E-state index contributed by atoms with van der Waals surface area (Å²) in [4.78, 5) is 165. The first-order valence-electron chi connectivity index (χ1n) is 48.0. The summed E-state index contributed by atoms with van der Waals surface area (Å²) in [7, 11) is 8.80. The highest BCUT2D eigenvalue weighted by Crippen LogP contribution is 2.42. The molecule has 8 aliphatic rings. The summed E-state index contributed by atoms with van der Waals surface area (Å²) < 4.78 is 29.1. The second kappa shape index (κ2) is 38.9. The van der Waals surface area contributed by atoms with Crippen LogP contribution in [0.3, 0.4) is 0 Å². The monoisotopic (exact) mass is 2000 g/mol. The second-order valence-electron chi connectivity index (χ2n) is 37.5. The van der Waals surface area contributed by atoms with Gasteiger partial charge in [0.25, 0.3) is 47.3 Å². The van der Waals surface area contributed by atoms with Crippen LogP contribution in [0.4, 0.5) is 19.2 Å². The number of urea groups is 4. The summed E-state index contributed by atoms with van der Waals surface area (Å²) in [6, 6.07) is 71.1. The van der Waals surface area contributed by atoms with Crippen molar-refractivity contribution in [1.29, 1.82) is 0 Å². The van der Waals surface area contributed by atoms with Crippen molar-refractivity contribution in [2.75, 3.05) is 53.6 Å². The molecule has 5 aromatic heterocycles. The molecular weight excluding hydrogens is 1910 g/mol. The fraction of sp³-hybridized carbons (Fsp3) is 0.193. The van der Waals surface area contributed by atoms with Crippen molar-refractivity contribution in [3.63, 3.8) is 0 Å². The Morgan fingerprint density at radius 1 is 0.360 bits per heavy atom. The Morgan fingerprint density at radius 2 is 0.713 bits per heavy atom. The van der Waals surface area contributed by atoms with Crippen molar-refractivity contribution in [2.45, 2.75) is 69.1 Å². The van der Waals surface area contributed by atoms with Crippen LogP contribution >= 0.6 is 0 Å². The minimum Gasteiger partial charge on any atom is -0.497 e. The molecule has 8 aliphatic heterocycles. The first-order valence-corrected chi connectivity index (χ1v) is 48.0. The maximum Gasteiger partial charge on any atom is 0.322 e. The highest BCUT2D eigenvalue weighted by Gasteiger charge is 2.55. The molecule has 13 heterocycles. The lowest BCUT2D eigenvalue weighted by Crippen LogP contribution is -2.52. The zero-order valence-electron chi connectivity index (χ0n) is 82.4. The minimum atomic E-state index is -1.42. The van der Waals surface area contributed by atoms with Gasteiger partial charge < -0.3 is 64.2 Å². The van der Waals surface area contributed by atoms with E-state index >= 15 is 0 Å². The van der Waals surface area contributed by atoms with Crippen LogP contribution in [0.5, 0.6) is 23.0 Å². The summed E-state index contributed by atoms with van der Waals surface area (Å²) in [5.74, 6) is 10.6. The average molecular weight is 2000 g/mol. The first-order chi connectivity index (χ1) is 72.5. The van der Waals surface area contributed by atoms with E-state index in [1.165, 1.54) is 0 Å². The van der Waals surface area contributed by atoms with Gasteiger partial charge in [-0.25, -0.2) is 24.2 Å². The zero-order valence-corrected chi connectivity index (χ0v) is 82.4. The number of ether oxygens (including phenoxy) is 4. The number of rotatable bonds is 22. The van der Waals surface area contributed by atoms with Crippen LogP contribution in [0.2, 0.25) is 0 Å². The highest BCUT2D eigenvalue weighted by molar-refractivity contribution is 6.12. The number of carbonyl (C=O) groups excluding carboxylic acids is 12. The molecule has 4 saturated heterocycles. The summed E-state index contributed by atoms with van der Waals surface area (Å²) in [6.45, 7) is 7.18. The number of benzene rings is 11. The van der Waals surface area contributed by atoms with Crippen LogP contribution in [0.1, 0.15) is 105 Å². The minimum absolute atomic E-state index is 0.000583. The van der Waals surface area contributed by atoms with E-state index in [0.29, 0.717) is 93.7 Å². The third-order valence-corrected chi connectivity index (χ3v) is 28.4. The van der Waals surface area contributed by atoms with Crippen LogP contribution in [0.25, 0.3) is 82.9 Å². The Bertz CT molecular complexity index is 8320. The fourth-order valence-corrected chi connectivity index (χ4v) is 20.6. The van der Waals surface area contributed by atoms with Crippen LogP contribution in [-0.2, 0) is 88.7 Å². The summed E-state index contributed by atoms with van der Waals surface area (Å²) in [6.07, 6.45) is 9.37. The van der Waals surface area contributed by atoms with E-state index < -0.39 is 69.9 Å². The van der Waals surface area contributed by atoms with Crippen molar-refractivity contribution in [1.82, 2.24) is 101 Å². The van der Waals surface area contributed by atoms with Gasteiger partial charge >= 0.3 is 24.1 Å². The number of nitrogens with zero attached hydrogens (tertiary/aromatic N) is 12. The van der Waals surface area contributed by atoms with E-state index in [9.17, 15) is 57.5 Å². The lowest BCUT2D eigenvalue weighted by atomic mass is 9.88. The molecule has 8 N–H and O–H groups in total. The normalized spacial score (nSPS) is 18.5. The number of aryl methyl sites for hydroxylation is 4. The molecule has 36 heteroatoms. The molecule has 0 unspecified atom stereocenters. The summed E-state index contributed by atoms with van der Waals surface area (Å²) in [5.41, 5.74) is 14.8. The number of methoxy groups -OCH3 is 2. The van der Waals surface area contributed by atoms with Crippen LogP contribution in [0, 0.1) is 30.6 Å². The van der Waals surface area contributed by atoms with Crippen LogP contribution < -0.4 is 61.5 Å². The predicted molar refractivity (Wildman–Crippen MR) is 553 cm³/mol. The Balaban J connectivity index is 0.000000117. The molecule has 0 aliphatic carbocycles. The van der Waals surface area contributed by atoms with Gasteiger partial charge in [0.15, 0.2) is 22.2 Å². The second-order valence-corrected chi connectivity index (χ2v) is 37.5. The van der Waals surface area contributed by atoms with Crippen LogP contribution in [-0.4, -0.2) is 183 Å². The lowest BCUT2D eigenvalue weighted by Gasteiger charge is -2.31. The summed E-state index contributed by atoms with van der Waals surface area (Å²) >= 11 is 0. The molecule has 16 aromatic rings. The number of nitrogens with one attached hydrogen (secondary N) is 8. The van der Waals surface area contributed by atoms with Gasteiger partial charge in [0, 0.05) is 111 Å². The number of amides is 16. The van der Waals surface area contributed by atoms with Crippen molar-refractivity contribution < 1.29 is 76.5 Å². The molecule has 0 radical (unpaired) electrons. The molecule has 748 valence electrons. The SMILES string of the molecule is CC#CCOc1ccc2c(c1)C(=O)N(C[C@@]1(c3ccc(-c4ccc5c(cnn5C)c4)cc3)NC(=O)NC1=O)C2.CC#CCOc1ccc2c(c1)C(=O)N(C[C@@]1(c3ccc(-c4ccc5nn(C)cc5c4)cc3)NC(=O)NC1=O)C2.COc1ccc2c(c1)C(=O)N(C[C@@]1(c3ccc(-c4ccc5c(c4)c(C)nn5C)cc3)NC(=O)NC1=O)C2.COc1ccc2c(c1)C(=O)N(C[C@@]1(c3ccc(-c4ccc5nccn5c4)cc3)NC(=O)NC1=O)C2. The standard InChI is InChI=1S/2C30H25N5O4.C28H25N5O4.C26H21N5O4/c1-3-4-13-39-24-11-7-21-17-35(27(36)25(21)15-24)18-30(28(37)31-29(38)32-30)23-9-5-19(6-10-23)20-8-12-26-22(14-20)16-34(2)33-26;1-3-4-13-39-24-11-7-21-17-35(27(36)25(21)15-24)18-30(28(37)32-29(38)33-30)23-9-5-19(6-10-23)20-8-12-26-22(14-20)16-31-34(26)2;1-16-22-12-18(7-11-24(22)32(2)31-16)17-4-8-20(9-5-17)28(26(35)29-27(36)30-28)15-33-14-19-6-10-21(37-3)13-23(19)25(33)34;1-35-20-8-4-18-14-31(23(32)21(18)12-20)15-26(24(33)28-25(34)29-26)19-6-2-16(3-7-19)17-5-9-22-27-10-11-30(22)13-17/h5-12,14-16H,13,17-18H2,1-2H3,(H2,31,32,37,38);5-12,14-16H,13,17-18H2,1-2H3,(H2,32,33,37,38);4-13H,14-15H2,1-3H3,(H2,29,30,35,36);2-13H,14-15H2,1H3,(H2,28,29,33,34)/t2*30-;28-;26-/m0000/s1. The van der Waals surface area contributed by atoms with E-state index in [-0.39, 0.29) is 63.0 Å². The van der Waals surface area contributed by atoms with Gasteiger partial charge in [-0.3, -0.25) is 73.7 Å². The molecule has 4 fully saturated rings. The Kier molecular flexibility index (Phi) is 25.0. The number of aromatic nitrogens is 8. The third kappa shape index (κ3) is 17.9. The average Bonchev–Trinajstić information content (AvgIpc) is 1.60. The number of carbonyl (C=O) groups is 12. The number of hydrogen-bond donors (Lipinski definition) is 8. The smallest absolute Gasteiger partial charge is 0.322 e. The van der Waals surface area contributed by atoms with Gasteiger partial charge in [-0.2, -0.15) is 15.3 Å². The van der Waals surface area contributed by atoms with E-state index in [1.54, 1.807) is 107 Å². The van der Waals surface area contributed by atoms with Gasteiger partial charge in [-0.05, 0) is 207 Å². The molecule has 0 spiro atoms. The molecule has 0 bridgehead atoms. The number of fused-ring (bicyclic) bond motifs is 8. The molecule has 0 saturated carbocycles. The quantitative estimate of drug-likeness (QED) is 0.0231. The predicted octanol–water partition coefficient (Wildman–Crippen LogP) is 12.6. The molecule has 16 amide bonds. The Labute approximate surface area is 857 Å². The molecule has 24 rings (SSSR count). The van der Waals surface area contributed by atoms with Crippen molar-refractivity contribution in [3.8, 4) is 91.2 Å². The largest absolute Gasteiger partial charge is 0.497 e. The fourth-order valence-electron chi connectivity index (χ4n) is 20.6. The van der Waals surface area contributed by atoms with E-state index in [2.05, 4.69) is 105 Å². The number of imidazole rings is 1. The number of pyridine rings is 1. The molecular formula is C114H96N20O16. The van der Waals surface area contributed by atoms with E-state index in [1.807, 2.05) is 236 Å². The lowest BCUT2D eigenvalue weighted by molar-refractivity contribution is -0.125. The van der Waals surface area contributed by atoms with E-state index in [0.717, 1.165) is 111 Å². The van der Waals surface area contributed by atoms with E-state index in [4.69, 9.17) is 18.9 Å². The highest BCUT2D eigenvalue weighted by atomic mass is 16.5. The molecule has 36 nitrogen and oxygen atoms in total. The Hall–Kier alpha value is -19.5. The van der Waals surface area contributed by atoms with Crippen molar-refractivity contribution in [2.24, 2.45) is 21.1 Å². The van der Waals surface area contributed by atoms with Crippen LogP contribution in [0.15, 0.2) is 268 Å². The molecule has 11 aromatic carbocycles. The molecule has 4 atom stereocenters. The maximum absolute atomic E-state index is 13.4. The third-order valence-electron chi connectivity index (χ3n) is 28.4.